The second-order valence-corrected chi connectivity index (χ2v) is 6.73. The maximum atomic E-state index is 11.5. The zero-order chi connectivity index (χ0) is 13.9. The number of hydrogen-bond donors (Lipinski definition) is 1. The summed E-state index contributed by atoms with van der Waals surface area (Å²) in [6.07, 6.45) is 0.826. The Morgan fingerprint density at radius 2 is 2.00 bits per heavy atom. The Morgan fingerprint density at radius 1 is 1.25 bits per heavy atom. The fourth-order valence-corrected chi connectivity index (χ4v) is 3.66. The van der Waals surface area contributed by atoms with Gasteiger partial charge in [-0.1, -0.05) is 18.2 Å². The summed E-state index contributed by atoms with van der Waals surface area (Å²) in [5, 5.41) is 1.15. The molecule has 5 heteroatoms. The zero-order valence-electron chi connectivity index (χ0n) is 11.4. The number of benzene rings is 1. The summed E-state index contributed by atoms with van der Waals surface area (Å²) in [5.74, 6) is 2.48. The molecular weight excluding hydrogens is 270 g/mol. The van der Waals surface area contributed by atoms with Crippen LogP contribution in [0, 0.1) is 0 Å². The van der Waals surface area contributed by atoms with Gasteiger partial charge in [-0.15, -0.1) is 0 Å². The summed E-state index contributed by atoms with van der Waals surface area (Å²) in [7, 11) is -0.666. The van der Waals surface area contributed by atoms with Crippen LogP contribution in [0.3, 0.4) is 0 Å². The second kappa shape index (κ2) is 5.89. The molecule has 0 unspecified atom stereocenters. The van der Waals surface area contributed by atoms with E-state index in [1.54, 1.807) is 0 Å². The van der Waals surface area contributed by atoms with E-state index in [2.05, 4.69) is 17.0 Å². The molecule has 2 N–H and O–H groups in total. The van der Waals surface area contributed by atoms with Crippen LogP contribution in [0.2, 0.25) is 0 Å². The number of aromatic nitrogens is 1. The third kappa shape index (κ3) is 2.69. The van der Waals surface area contributed by atoms with Crippen molar-refractivity contribution < 1.29 is 4.21 Å². The number of nitrogens with zero attached hydrogens (tertiary/aromatic N) is 2. The molecule has 2 heterocycles. The molecule has 1 aromatic heterocycles. The Morgan fingerprint density at radius 3 is 2.75 bits per heavy atom. The van der Waals surface area contributed by atoms with E-state index >= 15 is 0 Å². The summed E-state index contributed by atoms with van der Waals surface area (Å²) in [6, 6.07) is 10.3. The molecule has 106 valence electrons. The lowest BCUT2D eigenvalue weighted by molar-refractivity contribution is 0.672. The van der Waals surface area contributed by atoms with E-state index in [1.807, 2.05) is 18.2 Å². The van der Waals surface area contributed by atoms with Crippen molar-refractivity contribution in [2.24, 2.45) is 5.73 Å². The van der Waals surface area contributed by atoms with Crippen molar-refractivity contribution in [3.8, 4) is 0 Å². The first-order valence-corrected chi connectivity index (χ1v) is 8.45. The van der Waals surface area contributed by atoms with Gasteiger partial charge in [0.2, 0.25) is 0 Å². The summed E-state index contributed by atoms with van der Waals surface area (Å²) >= 11 is 0. The summed E-state index contributed by atoms with van der Waals surface area (Å²) < 4.78 is 11.5. The van der Waals surface area contributed by atoms with Gasteiger partial charge in [0.1, 0.15) is 5.82 Å². The van der Waals surface area contributed by atoms with E-state index in [-0.39, 0.29) is 0 Å². The Bertz CT molecular complexity index is 634. The van der Waals surface area contributed by atoms with Gasteiger partial charge in [0, 0.05) is 40.8 Å². The maximum Gasteiger partial charge on any atom is 0.132 e. The first-order chi connectivity index (χ1) is 9.78. The topological polar surface area (TPSA) is 59.2 Å². The van der Waals surface area contributed by atoms with E-state index in [0.717, 1.165) is 47.7 Å². The molecule has 1 aliphatic heterocycles. The Balaban J connectivity index is 2.02. The molecule has 4 nitrogen and oxygen atoms in total. The minimum absolute atomic E-state index is 0.618. The van der Waals surface area contributed by atoms with Crippen molar-refractivity contribution in [3.63, 3.8) is 0 Å². The summed E-state index contributed by atoms with van der Waals surface area (Å²) in [4.78, 5) is 7.06. The van der Waals surface area contributed by atoms with Crippen LogP contribution in [0.5, 0.6) is 0 Å². The number of hydrogen-bond acceptors (Lipinski definition) is 4. The average Bonchev–Trinajstić information content (AvgIpc) is 2.48. The Kier molecular flexibility index (Phi) is 3.98. The van der Waals surface area contributed by atoms with Crippen molar-refractivity contribution in [1.29, 1.82) is 0 Å². The van der Waals surface area contributed by atoms with Gasteiger partial charge >= 0.3 is 0 Å². The molecule has 0 aliphatic carbocycles. The second-order valence-electron chi connectivity index (χ2n) is 5.04. The van der Waals surface area contributed by atoms with Crippen LogP contribution in [-0.2, 0) is 17.2 Å². The number of rotatable bonds is 3. The van der Waals surface area contributed by atoms with Gasteiger partial charge in [0.05, 0.1) is 5.52 Å². The fourth-order valence-electron chi connectivity index (χ4n) is 2.61. The number of fused-ring (bicyclic) bond motifs is 1. The largest absolute Gasteiger partial charge is 0.355 e. The van der Waals surface area contributed by atoms with Gasteiger partial charge in [-0.3, -0.25) is 4.21 Å². The van der Waals surface area contributed by atoms with Crippen LogP contribution in [0.1, 0.15) is 5.56 Å². The van der Waals surface area contributed by atoms with Crippen molar-refractivity contribution in [3.05, 3.63) is 35.9 Å². The number of anilines is 1. The molecule has 0 radical (unpaired) electrons. The van der Waals surface area contributed by atoms with Crippen molar-refractivity contribution in [2.75, 3.05) is 36.0 Å². The SMILES string of the molecule is NCCc1cc2ccccc2nc1N1CCS(=O)CC1. The van der Waals surface area contributed by atoms with Crippen molar-refractivity contribution in [1.82, 2.24) is 4.98 Å². The van der Waals surface area contributed by atoms with Crippen molar-refractivity contribution in [2.45, 2.75) is 6.42 Å². The standard InChI is InChI=1S/C15H19N3OS/c16-6-5-13-11-12-3-1-2-4-14(12)17-15(13)18-7-9-20(19)10-8-18/h1-4,11H,5-10,16H2. The lowest BCUT2D eigenvalue weighted by atomic mass is 10.1. The molecular formula is C15H19N3OS. The van der Waals surface area contributed by atoms with E-state index in [4.69, 9.17) is 10.7 Å². The molecule has 2 aromatic rings. The fraction of sp³-hybridized carbons (Fsp3) is 0.400. The third-order valence-electron chi connectivity index (χ3n) is 3.67. The Labute approximate surface area is 121 Å². The first kappa shape index (κ1) is 13.5. The molecule has 1 aromatic carbocycles. The minimum atomic E-state index is -0.666. The van der Waals surface area contributed by atoms with Gasteiger partial charge in [-0.05, 0) is 30.7 Å². The molecule has 0 amide bonds. The van der Waals surface area contributed by atoms with Gasteiger partial charge in [-0.25, -0.2) is 4.98 Å². The molecule has 0 bridgehead atoms. The van der Waals surface area contributed by atoms with Crippen LogP contribution in [0.4, 0.5) is 5.82 Å². The van der Waals surface area contributed by atoms with Crippen LogP contribution in [0.15, 0.2) is 30.3 Å². The average molecular weight is 289 g/mol. The highest BCUT2D eigenvalue weighted by Gasteiger charge is 2.19. The predicted molar refractivity (Wildman–Crippen MR) is 84.6 cm³/mol. The maximum absolute atomic E-state index is 11.5. The lowest BCUT2D eigenvalue weighted by Gasteiger charge is -2.29. The van der Waals surface area contributed by atoms with Gasteiger partial charge in [0.25, 0.3) is 0 Å². The first-order valence-electron chi connectivity index (χ1n) is 6.96. The molecule has 1 fully saturated rings. The number of pyridine rings is 1. The van der Waals surface area contributed by atoms with E-state index in [1.165, 1.54) is 5.56 Å². The van der Waals surface area contributed by atoms with E-state index in [0.29, 0.717) is 6.54 Å². The van der Waals surface area contributed by atoms with Crippen LogP contribution in [0.25, 0.3) is 10.9 Å². The van der Waals surface area contributed by atoms with Gasteiger partial charge in [-0.2, -0.15) is 0 Å². The highest BCUT2D eigenvalue weighted by Crippen LogP contribution is 2.25. The smallest absolute Gasteiger partial charge is 0.132 e. The molecule has 1 aliphatic rings. The molecule has 20 heavy (non-hydrogen) atoms. The van der Waals surface area contributed by atoms with E-state index < -0.39 is 10.8 Å². The lowest BCUT2D eigenvalue weighted by Crippen LogP contribution is -2.38. The van der Waals surface area contributed by atoms with Crippen LogP contribution in [-0.4, -0.2) is 40.3 Å². The predicted octanol–water partition coefficient (Wildman–Crippen LogP) is 1.30. The van der Waals surface area contributed by atoms with Crippen LogP contribution < -0.4 is 10.6 Å². The quantitative estimate of drug-likeness (QED) is 0.925. The van der Waals surface area contributed by atoms with Gasteiger partial charge in [0.15, 0.2) is 0 Å². The summed E-state index contributed by atoms with van der Waals surface area (Å²) in [6.45, 7) is 2.25. The minimum Gasteiger partial charge on any atom is -0.355 e. The molecule has 0 saturated carbocycles. The normalized spacial score (nSPS) is 16.8. The third-order valence-corrected chi connectivity index (χ3v) is 4.95. The van der Waals surface area contributed by atoms with E-state index in [9.17, 15) is 4.21 Å². The molecule has 1 saturated heterocycles. The number of para-hydroxylation sites is 1. The van der Waals surface area contributed by atoms with Crippen LogP contribution >= 0.6 is 0 Å². The van der Waals surface area contributed by atoms with Crippen molar-refractivity contribution >= 4 is 27.5 Å². The zero-order valence-corrected chi connectivity index (χ0v) is 12.2. The molecule has 3 rings (SSSR count). The molecule has 0 atom stereocenters. The highest BCUT2D eigenvalue weighted by atomic mass is 32.2. The summed E-state index contributed by atoms with van der Waals surface area (Å²) in [5.41, 5.74) is 7.93. The molecule has 0 spiro atoms. The van der Waals surface area contributed by atoms with Gasteiger partial charge < -0.3 is 10.6 Å². The monoisotopic (exact) mass is 289 g/mol. The number of nitrogens with two attached hydrogens (primary N) is 1. The highest BCUT2D eigenvalue weighted by molar-refractivity contribution is 7.85. The Hall–Kier alpha value is -1.46.